The summed E-state index contributed by atoms with van der Waals surface area (Å²) < 4.78 is 2.13. The van der Waals surface area contributed by atoms with Gasteiger partial charge in [-0.25, -0.2) is 4.98 Å². The Morgan fingerprint density at radius 2 is 2.17 bits per heavy atom. The molecule has 5 heteroatoms. The van der Waals surface area contributed by atoms with Gasteiger partial charge in [-0.05, 0) is 7.05 Å². The molecule has 100 valence electrons. The maximum absolute atomic E-state index is 4.45. The molecule has 3 aliphatic heterocycles. The van der Waals surface area contributed by atoms with Crippen molar-refractivity contribution in [3.05, 3.63) is 18.2 Å². The van der Waals surface area contributed by atoms with Crippen molar-refractivity contribution in [1.29, 1.82) is 0 Å². The van der Waals surface area contributed by atoms with Gasteiger partial charge in [0.2, 0.25) is 0 Å². The number of fused-ring (bicyclic) bond motifs is 3. The molecule has 4 heterocycles. The van der Waals surface area contributed by atoms with Crippen molar-refractivity contribution in [3.63, 3.8) is 0 Å². The zero-order chi connectivity index (χ0) is 12.5. The summed E-state index contributed by atoms with van der Waals surface area (Å²) >= 11 is 0. The van der Waals surface area contributed by atoms with Crippen LogP contribution < -0.4 is 5.32 Å². The Morgan fingerprint density at radius 1 is 1.39 bits per heavy atom. The summed E-state index contributed by atoms with van der Waals surface area (Å²) in [6.07, 6.45) is 4.92. The van der Waals surface area contributed by atoms with Crippen molar-refractivity contribution in [1.82, 2.24) is 24.7 Å². The zero-order valence-electron chi connectivity index (χ0n) is 11.3. The minimum absolute atomic E-state index is 0.495. The van der Waals surface area contributed by atoms with E-state index in [4.69, 9.17) is 0 Å². The van der Waals surface area contributed by atoms with Crippen LogP contribution in [-0.2, 0) is 13.5 Å². The Hall–Kier alpha value is -0.910. The molecule has 0 radical (unpaired) electrons. The maximum atomic E-state index is 4.45. The second kappa shape index (κ2) is 4.99. The molecule has 0 spiro atoms. The first-order chi connectivity index (χ1) is 8.78. The Kier molecular flexibility index (Phi) is 3.37. The molecule has 2 unspecified atom stereocenters. The highest BCUT2D eigenvalue weighted by molar-refractivity contribution is 5.01. The predicted octanol–water partition coefficient (Wildman–Crippen LogP) is -0.450. The fourth-order valence-corrected chi connectivity index (χ4v) is 3.26. The standard InChI is InChI=1S/C13H23N5/c1-14-11(9-13-15-3-4-16(13)2)12-10-17-5-7-18(12)8-6-17/h3-4,11-12,14H,5-10H2,1-2H3. The Balaban J connectivity index is 1.71. The van der Waals surface area contributed by atoms with Crippen LogP contribution in [0, 0.1) is 0 Å². The van der Waals surface area contributed by atoms with Crippen molar-refractivity contribution in [3.8, 4) is 0 Å². The highest BCUT2D eigenvalue weighted by Crippen LogP contribution is 2.19. The summed E-state index contributed by atoms with van der Waals surface area (Å²) in [6, 6.07) is 1.13. The Morgan fingerprint density at radius 3 is 2.67 bits per heavy atom. The molecular weight excluding hydrogens is 226 g/mol. The Bertz CT molecular complexity index is 394. The first-order valence-corrected chi connectivity index (χ1v) is 6.88. The number of nitrogens with zero attached hydrogens (tertiary/aromatic N) is 4. The molecule has 2 atom stereocenters. The minimum Gasteiger partial charge on any atom is -0.338 e. The van der Waals surface area contributed by atoms with Gasteiger partial charge >= 0.3 is 0 Å². The van der Waals surface area contributed by atoms with Gasteiger partial charge in [0.05, 0.1) is 0 Å². The molecule has 0 amide bonds. The number of likely N-dealkylation sites (N-methyl/N-ethyl adjacent to an activating group) is 1. The molecule has 1 N–H and O–H groups in total. The molecule has 4 rings (SSSR count). The molecule has 0 saturated carbocycles. The monoisotopic (exact) mass is 249 g/mol. The minimum atomic E-state index is 0.495. The number of piperazine rings is 3. The molecule has 0 aromatic carbocycles. The number of aromatic nitrogens is 2. The van der Waals surface area contributed by atoms with Crippen LogP contribution in [0.1, 0.15) is 5.82 Å². The molecule has 1 aromatic rings. The van der Waals surface area contributed by atoms with Gasteiger partial charge < -0.3 is 9.88 Å². The molecule has 3 fully saturated rings. The first-order valence-electron chi connectivity index (χ1n) is 6.88. The van der Waals surface area contributed by atoms with Crippen molar-refractivity contribution >= 4 is 0 Å². The third kappa shape index (κ3) is 2.18. The zero-order valence-corrected chi connectivity index (χ0v) is 11.3. The van der Waals surface area contributed by atoms with Gasteiger partial charge in [-0.3, -0.25) is 9.80 Å². The maximum Gasteiger partial charge on any atom is 0.109 e. The smallest absolute Gasteiger partial charge is 0.109 e. The molecular formula is C13H23N5. The van der Waals surface area contributed by atoms with E-state index in [1.165, 1.54) is 38.5 Å². The van der Waals surface area contributed by atoms with Crippen LogP contribution in [0.2, 0.25) is 0 Å². The lowest BCUT2D eigenvalue weighted by atomic mass is 9.97. The van der Waals surface area contributed by atoms with Gasteiger partial charge in [-0.15, -0.1) is 0 Å². The highest BCUT2D eigenvalue weighted by atomic mass is 15.4. The lowest BCUT2D eigenvalue weighted by Crippen LogP contribution is -2.66. The van der Waals surface area contributed by atoms with Crippen LogP contribution >= 0.6 is 0 Å². The van der Waals surface area contributed by atoms with Gasteiger partial charge in [0.1, 0.15) is 5.82 Å². The van der Waals surface area contributed by atoms with E-state index in [0.717, 1.165) is 6.42 Å². The van der Waals surface area contributed by atoms with Gasteiger partial charge in [0, 0.05) is 70.7 Å². The average molecular weight is 249 g/mol. The molecule has 3 saturated heterocycles. The van der Waals surface area contributed by atoms with Crippen LogP contribution in [0.5, 0.6) is 0 Å². The van der Waals surface area contributed by atoms with Gasteiger partial charge in [-0.1, -0.05) is 0 Å². The van der Waals surface area contributed by atoms with Crippen LogP contribution in [-0.4, -0.2) is 71.2 Å². The van der Waals surface area contributed by atoms with Crippen molar-refractivity contribution in [2.24, 2.45) is 7.05 Å². The van der Waals surface area contributed by atoms with E-state index in [-0.39, 0.29) is 0 Å². The van der Waals surface area contributed by atoms with Crippen LogP contribution in [0.25, 0.3) is 0 Å². The second-order valence-electron chi connectivity index (χ2n) is 5.46. The fourth-order valence-electron chi connectivity index (χ4n) is 3.26. The summed E-state index contributed by atoms with van der Waals surface area (Å²) in [4.78, 5) is 9.68. The fraction of sp³-hybridized carbons (Fsp3) is 0.769. The van der Waals surface area contributed by atoms with Crippen LogP contribution in [0.15, 0.2) is 12.4 Å². The second-order valence-corrected chi connectivity index (χ2v) is 5.46. The molecule has 0 aliphatic carbocycles. The van der Waals surface area contributed by atoms with Gasteiger partial charge in [0.15, 0.2) is 0 Å². The summed E-state index contributed by atoms with van der Waals surface area (Å²) in [5, 5.41) is 3.50. The van der Waals surface area contributed by atoms with Crippen molar-refractivity contribution < 1.29 is 0 Å². The topological polar surface area (TPSA) is 36.3 Å². The Labute approximate surface area is 109 Å². The van der Waals surface area contributed by atoms with Crippen molar-refractivity contribution in [2.45, 2.75) is 18.5 Å². The quantitative estimate of drug-likeness (QED) is 0.784. The van der Waals surface area contributed by atoms with E-state index in [1.54, 1.807) is 0 Å². The number of nitrogens with one attached hydrogen (secondary N) is 1. The normalized spacial score (nSPS) is 32.7. The van der Waals surface area contributed by atoms with E-state index < -0.39 is 0 Å². The number of imidazole rings is 1. The number of aryl methyl sites for hydroxylation is 1. The third-order valence-corrected chi connectivity index (χ3v) is 4.48. The molecule has 3 aliphatic rings. The number of hydrogen-bond acceptors (Lipinski definition) is 4. The molecule has 18 heavy (non-hydrogen) atoms. The predicted molar refractivity (Wildman–Crippen MR) is 71.6 cm³/mol. The molecule has 1 aromatic heterocycles. The first kappa shape index (κ1) is 12.1. The van der Waals surface area contributed by atoms with Crippen LogP contribution in [0.4, 0.5) is 0 Å². The third-order valence-electron chi connectivity index (χ3n) is 4.48. The average Bonchev–Trinajstić information content (AvgIpc) is 2.82. The molecule has 5 nitrogen and oxygen atoms in total. The molecule has 2 bridgehead atoms. The largest absolute Gasteiger partial charge is 0.338 e. The van der Waals surface area contributed by atoms with E-state index in [2.05, 4.69) is 38.8 Å². The number of hydrogen-bond donors (Lipinski definition) is 1. The van der Waals surface area contributed by atoms with Crippen molar-refractivity contribution in [2.75, 3.05) is 39.8 Å². The van der Waals surface area contributed by atoms with E-state index in [0.29, 0.717) is 12.1 Å². The van der Waals surface area contributed by atoms with E-state index in [1.807, 2.05) is 12.4 Å². The van der Waals surface area contributed by atoms with Gasteiger partial charge in [-0.2, -0.15) is 0 Å². The summed E-state index contributed by atoms with van der Waals surface area (Å²) in [5.74, 6) is 1.17. The summed E-state index contributed by atoms with van der Waals surface area (Å²) in [7, 11) is 4.15. The van der Waals surface area contributed by atoms with Crippen LogP contribution in [0.3, 0.4) is 0 Å². The summed E-state index contributed by atoms with van der Waals surface area (Å²) in [6.45, 7) is 6.15. The van der Waals surface area contributed by atoms with Gasteiger partial charge in [0.25, 0.3) is 0 Å². The lowest BCUT2D eigenvalue weighted by molar-refractivity contribution is -0.00236. The van der Waals surface area contributed by atoms with E-state index >= 15 is 0 Å². The SMILES string of the molecule is CNC(Cc1nccn1C)C1CN2CCN1CC2. The highest BCUT2D eigenvalue weighted by Gasteiger charge is 2.36. The van der Waals surface area contributed by atoms with E-state index in [9.17, 15) is 0 Å². The summed E-state index contributed by atoms with van der Waals surface area (Å²) in [5.41, 5.74) is 0. The number of rotatable bonds is 4. The lowest BCUT2D eigenvalue weighted by Gasteiger charge is -2.50.